The van der Waals surface area contributed by atoms with Gasteiger partial charge in [-0.05, 0) is 30.3 Å². The van der Waals surface area contributed by atoms with Crippen molar-refractivity contribution in [1.29, 1.82) is 0 Å². The van der Waals surface area contributed by atoms with Gasteiger partial charge in [0.1, 0.15) is 12.2 Å². The second-order valence-electron chi connectivity index (χ2n) is 6.02. The molecule has 1 aliphatic heterocycles. The van der Waals surface area contributed by atoms with Crippen LogP contribution >= 0.6 is 11.3 Å². The van der Waals surface area contributed by atoms with Crippen LogP contribution in [0.2, 0.25) is 0 Å². The zero-order chi connectivity index (χ0) is 20.7. The van der Waals surface area contributed by atoms with Crippen LogP contribution in [0.1, 0.15) is 6.42 Å². The van der Waals surface area contributed by atoms with Crippen molar-refractivity contribution in [3.63, 3.8) is 0 Å². The first-order valence-corrected chi connectivity index (χ1v) is 9.09. The standard InChI is InChI=1S/C18H12N4O6S/c1-28-12-5-2-10(3-6-12)20-15(23)9-16(24)21(18(20)25)17-19-13-7-4-11(22(26)27)8-14(13)29-17/h2-8H,9H2,1H3. The molecule has 3 aromatic rings. The van der Waals surface area contributed by atoms with E-state index in [4.69, 9.17) is 4.74 Å². The third-order valence-corrected chi connectivity index (χ3v) is 5.28. The Labute approximate surface area is 167 Å². The number of hydrogen-bond donors (Lipinski definition) is 0. The molecule has 2 aromatic carbocycles. The lowest BCUT2D eigenvalue weighted by molar-refractivity contribution is -0.384. The number of nitrogens with zero attached hydrogens (tertiary/aromatic N) is 4. The van der Waals surface area contributed by atoms with Crippen molar-refractivity contribution >= 4 is 55.9 Å². The van der Waals surface area contributed by atoms with Crippen LogP contribution in [0.3, 0.4) is 0 Å². The Hall–Kier alpha value is -3.86. The summed E-state index contributed by atoms with van der Waals surface area (Å²) in [5.41, 5.74) is 0.568. The molecule has 1 fully saturated rings. The number of aromatic nitrogens is 1. The molecule has 29 heavy (non-hydrogen) atoms. The van der Waals surface area contributed by atoms with E-state index in [1.807, 2.05) is 0 Å². The number of ether oxygens (including phenoxy) is 1. The highest BCUT2D eigenvalue weighted by atomic mass is 32.1. The maximum Gasteiger partial charge on any atom is 0.344 e. The number of rotatable bonds is 4. The molecular formula is C18H12N4O6S. The Kier molecular flexibility index (Phi) is 4.43. The molecule has 0 spiro atoms. The fourth-order valence-corrected chi connectivity index (χ4v) is 3.90. The fourth-order valence-electron chi connectivity index (χ4n) is 2.89. The van der Waals surface area contributed by atoms with Crippen molar-refractivity contribution in [1.82, 2.24) is 4.98 Å². The van der Waals surface area contributed by atoms with E-state index in [0.29, 0.717) is 16.0 Å². The van der Waals surface area contributed by atoms with E-state index in [2.05, 4.69) is 4.98 Å². The molecule has 146 valence electrons. The summed E-state index contributed by atoms with van der Waals surface area (Å²) in [6.45, 7) is 0. The molecule has 2 heterocycles. The molecule has 0 radical (unpaired) electrons. The minimum absolute atomic E-state index is 0.0431. The summed E-state index contributed by atoms with van der Waals surface area (Å²) in [6, 6.07) is 9.44. The molecule has 0 aliphatic carbocycles. The number of methoxy groups -OCH3 is 1. The highest BCUT2D eigenvalue weighted by molar-refractivity contribution is 7.22. The van der Waals surface area contributed by atoms with E-state index < -0.39 is 29.2 Å². The molecular weight excluding hydrogens is 400 g/mol. The van der Waals surface area contributed by atoms with E-state index in [1.54, 1.807) is 12.1 Å². The van der Waals surface area contributed by atoms with Crippen LogP contribution in [-0.4, -0.2) is 34.9 Å². The van der Waals surface area contributed by atoms with Crippen molar-refractivity contribution < 1.29 is 24.0 Å². The summed E-state index contributed by atoms with van der Waals surface area (Å²) in [4.78, 5) is 54.2. The summed E-state index contributed by atoms with van der Waals surface area (Å²) in [5.74, 6) is -0.817. The Morgan fingerprint density at radius 2 is 1.76 bits per heavy atom. The van der Waals surface area contributed by atoms with Gasteiger partial charge in [0, 0.05) is 12.1 Å². The number of nitro groups is 1. The quantitative estimate of drug-likeness (QED) is 0.366. The molecule has 0 atom stereocenters. The third-order valence-electron chi connectivity index (χ3n) is 4.28. The number of nitro benzene ring substituents is 1. The molecule has 0 saturated carbocycles. The number of amides is 4. The predicted molar refractivity (Wildman–Crippen MR) is 104 cm³/mol. The number of imide groups is 2. The SMILES string of the molecule is COc1ccc(N2C(=O)CC(=O)N(c3nc4ccc([N+](=O)[O-])cc4s3)C2=O)cc1. The van der Waals surface area contributed by atoms with Gasteiger partial charge in [-0.25, -0.2) is 19.6 Å². The smallest absolute Gasteiger partial charge is 0.344 e. The summed E-state index contributed by atoms with van der Waals surface area (Å²) in [5, 5.41) is 11.0. The molecule has 1 aromatic heterocycles. The van der Waals surface area contributed by atoms with Gasteiger partial charge in [-0.2, -0.15) is 0 Å². The average molecular weight is 412 g/mol. The van der Waals surface area contributed by atoms with Gasteiger partial charge in [0.25, 0.3) is 5.69 Å². The molecule has 1 aliphatic rings. The summed E-state index contributed by atoms with van der Waals surface area (Å²) in [6.07, 6.45) is -0.506. The van der Waals surface area contributed by atoms with Crippen LogP contribution in [0.4, 0.5) is 21.3 Å². The van der Waals surface area contributed by atoms with Crippen molar-refractivity contribution in [2.24, 2.45) is 0 Å². The van der Waals surface area contributed by atoms with Crippen LogP contribution in [0.15, 0.2) is 42.5 Å². The van der Waals surface area contributed by atoms with E-state index in [0.717, 1.165) is 21.1 Å². The summed E-state index contributed by atoms with van der Waals surface area (Å²) in [7, 11) is 1.49. The average Bonchev–Trinajstić information content (AvgIpc) is 3.10. The predicted octanol–water partition coefficient (Wildman–Crippen LogP) is 3.10. The molecule has 4 rings (SSSR count). The largest absolute Gasteiger partial charge is 0.497 e. The second kappa shape index (κ2) is 6.95. The minimum Gasteiger partial charge on any atom is -0.497 e. The lowest BCUT2D eigenvalue weighted by Crippen LogP contribution is -2.55. The van der Waals surface area contributed by atoms with Gasteiger partial charge in [-0.1, -0.05) is 11.3 Å². The molecule has 0 N–H and O–H groups in total. The van der Waals surface area contributed by atoms with E-state index in [-0.39, 0.29) is 16.5 Å². The summed E-state index contributed by atoms with van der Waals surface area (Å²) < 4.78 is 5.52. The first kappa shape index (κ1) is 18.5. The van der Waals surface area contributed by atoms with Crippen LogP contribution in [0, 0.1) is 10.1 Å². The topological polar surface area (TPSA) is 123 Å². The van der Waals surface area contributed by atoms with Gasteiger partial charge >= 0.3 is 6.03 Å². The number of thiazole rings is 1. The van der Waals surface area contributed by atoms with Gasteiger partial charge in [0.05, 0.1) is 27.9 Å². The molecule has 0 unspecified atom stereocenters. The Bertz CT molecular complexity index is 1170. The minimum atomic E-state index is -0.857. The number of anilines is 2. The Morgan fingerprint density at radius 1 is 1.07 bits per heavy atom. The normalized spacial score (nSPS) is 14.6. The Morgan fingerprint density at radius 3 is 2.41 bits per heavy atom. The van der Waals surface area contributed by atoms with Gasteiger partial charge in [-0.15, -0.1) is 0 Å². The van der Waals surface area contributed by atoms with Crippen molar-refractivity contribution in [3.05, 3.63) is 52.6 Å². The second-order valence-corrected chi connectivity index (χ2v) is 7.03. The number of fused-ring (bicyclic) bond motifs is 1. The van der Waals surface area contributed by atoms with E-state index in [1.165, 1.54) is 37.4 Å². The van der Waals surface area contributed by atoms with Crippen LogP contribution in [-0.2, 0) is 9.59 Å². The Balaban J connectivity index is 1.73. The number of urea groups is 1. The van der Waals surface area contributed by atoms with Crippen molar-refractivity contribution in [3.8, 4) is 5.75 Å². The van der Waals surface area contributed by atoms with Gasteiger partial charge in [0.15, 0.2) is 0 Å². The number of hydrogen-bond acceptors (Lipinski definition) is 8. The van der Waals surface area contributed by atoms with Gasteiger partial charge in [0.2, 0.25) is 16.9 Å². The van der Waals surface area contributed by atoms with Crippen LogP contribution in [0.5, 0.6) is 5.75 Å². The summed E-state index contributed by atoms with van der Waals surface area (Å²) >= 11 is 0.958. The van der Waals surface area contributed by atoms with Crippen molar-refractivity contribution in [2.45, 2.75) is 6.42 Å². The third kappa shape index (κ3) is 3.17. The van der Waals surface area contributed by atoms with Crippen molar-refractivity contribution in [2.75, 3.05) is 16.9 Å². The number of benzene rings is 2. The first-order valence-electron chi connectivity index (χ1n) is 8.28. The van der Waals surface area contributed by atoms with Crippen LogP contribution < -0.4 is 14.5 Å². The molecule has 11 heteroatoms. The molecule has 0 bridgehead atoms. The highest BCUT2D eigenvalue weighted by Crippen LogP contribution is 2.34. The molecule has 10 nitrogen and oxygen atoms in total. The van der Waals surface area contributed by atoms with Gasteiger partial charge < -0.3 is 4.74 Å². The zero-order valence-corrected chi connectivity index (χ0v) is 15.7. The van der Waals surface area contributed by atoms with Crippen LogP contribution in [0.25, 0.3) is 10.2 Å². The first-order chi connectivity index (χ1) is 13.9. The molecule has 4 amide bonds. The fraction of sp³-hybridized carbons (Fsp3) is 0.111. The number of carbonyl (C=O) groups is 3. The maximum absolute atomic E-state index is 13.0. The number of barbiturate groups is 1. The lowest BCUT2D eigenvalue weighted by atomic mass is 10.2. The highest BCUT2D eigenvalue weighted by Gasteiger charge is 2.41. The zero-order valence-electron chi connectivity index (χ0n) is 14.9. The van der Waals surface area contributed by atoms with E-state index in [9.17, 15) is 24.5 Å². The number of carbonyl (C=O) groups excluding carboxylic acids is 3. The van der Waals surface area contributed by atoms with Gasteiger partial charge in [-0.3, -0.25) is 19.7 Å². The molecule has 1 saturated heterocycles. The number of non-ortho nitro benzene ring substituents is 1. The maximum atomic E-state index is 13.0. The monoisotopic (exact) mass is 412 g/mol. The van der Waals surface area contributed by atoms with E-state index >= 15 is 0 Å². The lowest BCUT2D eigenvalue weighted by Gasteiger charge is -2.31.